The molecule has 2 unspecified atom stereocenters. The van der Waals surface area contributed by atoms with Gasteiger partial charge < -0.3 is 14.6 Å². The van der Waals surface area contributed by atoms with Gasteiger partial charge in [-0.25, -0.2) is 0 Å². The third-order valence-electron chi connectivity index (χ3n) is 4.88. The minimum atomic E-state index is -1.09. The molecule has 0 aromatic heterocycles. The van der Waals surface area contributed by atoms with E-state index < -0.39 is 5.79 Å². The Morgan fingerprint density at radius 1 is 1.42 bits per heavy atom. The maximum Gasteiger partial charge on any atom is 0.184 e. The van der Waals surface area contributed by atoms with E-state index in [0.717, 1.165) is 19.3 Å². The Balaban J connectivity index is 1.92. The molecule has 19 heavy (non-hydrogen) atoms. The SMILES string of the molecule is C=C[C@H]1C[C@@H]2OC3(O)C([C@H](CC)[C@@H](Br)C[C@H]3Br)[C@@H]2O1. The topological polar surface area (TPSA) is 38.7 Å². The van der Waals surface area contributed by atoms with Crippen molar-refractivity contribution in [3.05, 3.63) is 12.7 Å². The first-order chi connectivity index (χ1) is 9.01. The van der Waals surface area contributed by atoms with Crippen LogP contribution in [0.2, 0.25) is 0 Å². The molecule has 1 aliphatic carbocycles. The Labute approximate surface area is 131 Å². The average molecular weight is 396 g/mol. The molecule has 0 amide bonds. The number of halogens is 2. The molecule has 108 valence electrons. The van der Waals surface area contributed by atoms with Gasteiger partial charge in [-0.05, 0) is 12.3 Å². The quantitative estimate of drug-likeness (QED) is 0.577. The summed E-state index contributed by atoms with van der Waals surface area (Å²) in [7, 11) is 0. The van der Waals surface area contributed by atoms with E-state index in [1.54, 1.807) is 0 Å². The van der Waals surface area contributed by atoms with Gasteiger partial charge >= 0.3 is 0 Å². The van der Waals surface area contributed by atoms with Crippen molar-refractivity contribution in [3.8, 4) is 0 Å². The Hall–Kier alpha value is 0.580. The number of alkyl halides is 2. The predicted molar refractivity (Wildman–Crippen MR) is 80.6 cm³/mol. The Bertz CT molecular complexity index is 378. The molecule has 1 saturated carbocycles. The smallest absolute Gasteiger partial charge is 0.184 e. The number of fused-ring (bicyclic) bond motifs is 3. The van der Waals surface area contributed by atoms with Gasteiger partial charge in [0.05, 0.1) is 23.1 Å². The second kappa shape index (κ2) is 5.09. The van der Waals surface area contributed by atoms with E-state index >= 15 is 0 Å². The number of aliphatic hydroxyl groups is 1. The van der Waals surface area contributed by atoms with Gasteiger partial charge in [0.1, 0.15) is 0 Å². The first-order valence-corrected chi connectivity index (χ1v) is 8.80. The molecule has 3 rings (SSSR count). The third-order valence-corrected chi connectivity index (χ3v) is 6.96. The molecule has 3 fully saturated rings. The maximum atomic E-state index is 11.0. The number of ether oxygens (including phenoxy) is 2. The van der Waals surface area contributed by atoms with Crippen molar-refractivity contribution >= 4 is 31.9 Å². The molecule has 0 spiro atoms. The van der Waals surface area contributed by atoms with Gasteiger partial charge in [-0.2, -0.15) is 0 Å². The fraction of sp³-hybridized carbons (Fsp3) is 0.857. The van der Waals surface area contributed by atoms with Crippen molar-refractivity contribution in [2.24, 2.45) is 11.8 Å². The molecule has 2 saturated heterocycles. The van der Waals surface area contributed by atoms with E-state index in [0.29, 0.717) is 10.7 Å². The van der Waals surface area contributed by atoms with E-state index in [2.05, 4.69) is 45.4 Å². The van der Waals surface area contributed by atoms with E-state index in [9.17, 15) is 5.11 Å². The molecule has 0 radical (unpaired) electrons. The number of hydrogen-bond acceptors (Lipinski definition) is 3. The van der Waals surface area contributed by atoms with E-state index in [1.165, 1.54) is 0 Å². The largest absolute Gasteiger partial charge is 0.368 e. The second-order valence-corrected chi connectivity index (χ2v) is 8.12. The van der Waals surface area contributed by atoms with E-state index in [1.807, 2.05) is 6.08 Å². The summed E-state index contributed by atoms with van der Waals surface area (Å²) < 4.78 is 12.1. The highest BCUT2D eigenvalue weighted by molar-refractivity contribution is 9.10. The van der Waals surface area contributed by atoms with Crippen molar-refractivity contribution in [1.82, 2.24) is 0 Å². The highest BCUT2D eigenvalue weighted by Gasteiger charge is 2.65. The van der Waals surface area contributed by atoms with Crippen LogP contribution in [-0.2, 0) is 9.47 Å². The van der Waals surface area contributed by atoms with Gasteiger partial charge in [0, 0.05) is 17.2 Å². The molecular weight excluding hydrogens is 376 g/mol. The van der Waals surface area contributed by atoms with Crippen LogP contribution in [0.5, 0.6) is 0 Å². The highest BCUT2D eigenvalue weighted by atomic mass is 79.9. The molecule has 2 heterocycles. The first-order valence-electron chi connectivity index (χ1n) is 6.97. The zero-order valence-corrected chi connectivity index (χ0v) is 14.1. The third kappa shape index (κ3) is 2.08. The summed E-state index contributed by atoms with van der Waals surface area (Å²) in [6, 6.07) is 0. The second-order valence-electron chi connectivity index (χ2n) is 5.84. The zero-order chi connectivity index (χ0) is 13.8. The monoisotopic (exact) mass is 394 g/mol. The van der Waals surface area contributed by atoms with Crippen LogP contribution < -0.4 is 0 Å². The summed E-state index contributed by atoms with van der Waals surface area (Å²) >= 11 is 7.38. The first kappa shape index (κ1) is 14.5. The van der Waals surface area contributed by atoms with Crippen LogP contribution in [0.3, 0.4) is 0 Å². The normalized spacial score (nSPS) is 56.7. The maximum absolute atomic E-state index is 11.0. The summed E-state index contributed by atoms with van der Waals surface area (Å²) in [6.07, 6.45) is 4.55. The van der Waals surface area contributed by atoms with Gasteiger partial charge in [-0.3, -0.25) is 0 Å². The standard InChI is InChI=1S/C14H20Br2O3/c1-3-7-5-10-13(18-7)12-8(4-2)9(15)6-11(16)14(12,17)19-10/h3,7-13,17H,1,4-6H2,2H3/t7-,8+,9-,10-,11+,12?,13+,14?/m0/s1. The zero-order valence-electron chi connectivity index (χ0n) is 11.0. The van der Waals surface area contributed by atoms with Crippen molar-refractivity contribution in [2.45, 2.75) is 59.9 Å². The van der Waals surface area contributed by atoms with Crippen LogP contribution in [-0.4, -0.2) is 38.9 Å². The summed E-state index contributed by atoms with van der Waals surface area (Å²) in [5.74, 6) is -0.695. The minimum Gasteiger partial charge on any atom is -0.368 e. The Morgan fingerprint density at radius 3 is 2.79 bits per heavy atom. The molecule has 8 atom stereocenters. The van der Waals surface area contributed by atoms with Crippen LogP contribution in [0.1, 0.15) is 26.2 Å². The molecule has 3 nitrogen and oxygen atoms in total. The summed E-state index contributed by atoms with van der Waals surface area (Å²) in [5, 5.41) is 11.0. The van der Waals surface area contributed by atoms with Crippen molar-refractivity contribution < 1.29 is 14.6 Å². The molecular formula is C14H20Br2O3. The Morgan fingerprint density at radius 2 is 2.16 bits per heavy atom. The van der Waals surface area contributed by atoms with Crippen LogP contribution in [0.15, 0.2) is 12.7 Å². The van der Waals surface area contributed by atoms with Crippen molar-refractivity contribution in [2.75, 3.05) is 0 Å². The molecule has 5 heteroatoms. The minimum absolute atomic E-state index is 0.00935. The number of hydrogen-bond donors (Lipinski definition) is 1. The van der Waals surface area contributed by atoms with Gasteiger partial charge in [0.25, 0.3) is 0 Å². The predicted octanol–water partition coefficient (Wildman–Crippen LogP) is 2.99. The van der Waals surface area contributed by atoms with Gasteiger partial charge in [0.2, 0.25) is 0 Å². The van der Waals surface area contributed by atoms with Crippen molar-refractivity contribution in [3.63, 3.8) is 0 Å². The lowest BCUT2D eigenvalue weighted by molar-refractivity contribution is -0.232. The summed E-state index contributed by atoms with van der Waals surface area (Å²) in [6.45, 7) is 5.97. The molecule has 2 aliphatic heterocycles. The number of rotatable bonds is 2. The highest BCUT2D eigenvalue weighted by Crippen LogP contribution is 2.56. The Kier molecular flexibility index (Phi) is 3.89. The lowest BCUT2D eigenvalue weighted by atomic mass is 9.71. The van der Waals surface area contributed by atoms with E-state index in [4.69, 9.17) is 9.47 Å². The molecule has 3 aliphatic rings. The lowest BCUT2D eigenvalue weighted by Gasteiger charge is -2.46. The molecule has 0 aromatic carbocycles. The van der Waals surface area contributed by atoms with Crippen LogP contribution in [0, 0.1) is 11.8 Å². The van der Waals surface area contributed by atoms with Crippen LogP contribution >= 0.6 is 31.9 Å². The van der Waals surface area contributed by atoms with Crippen LogP contribution in [0.4, 0.5) is 0 Å². The average Bonchev–Trinajstić information content (AvgIpc) is 2.86. The van der Waals surface area contributed by atoms with E-state index in [-0.39, 0.29) is 29.1 Å². The molecule has 0 aromatic rings. The molecule has 0 bridgehead atoms. The summed E-state index contributed by atoms with van der Waals surface area (Å²) in [4.78, 5) is 0.342. The fourth-order valence-corrected chi connectivity index (χ4v) is 6.35. The van der Waals surface area contributed by atoms with Gasteiger partial charge in [-0.15, -0.1) is 6.58 Å². The lowest BCUT2D eigenvalue weighted by Crippen LogP contribution is -2.56. The van der Waals surface area contributed by atoms with Crippen LogP contribution in [0.25, 0.3) is 0 Å². The van der Waals surface area contributed by atoms with Gasteiger partial charge in [-0.1, -0.05) is 51.3 Å². The summed E-state index contributed by atoms with van der Waals surface area (Å²) in [5.41, 5.74) is 0. The molecule has 1 N–H and O–H groups in total. The van der Waals surface area contributed by atoms with Crippen molar-refractivity contribution in [1.29, 1.82) is 0 Å². The van der Waals surface area contributed by atoms with Gasteiger partial charge in [0.15, 0.2) is 5.79 Å². The fourth-order valence-electron chi connectivity index (χ4n) is 3.96.